The minimum Gasteiger partial charge on any atom is -0.342 e. The highest BCUT2D eigenvalue weighted by atomic mass is 16.2. The van der Waals surface area contributed by atoms with Crippen molar-refractivity contribution in [2.45, 2.75) is 78.6 Å². The fourth-order valence-corrected chi connectivity index (χ4v) is 3.48. The van der Waals surface area contributed by atoms with E-state index in [1.165, 1.54) is 25.7 Å². The molecule has 0 aromatic heterocycles. The van der Waals surface area contributed by atoms with Gasteiger partial charge in [-0.1, -0.05) is 52.9 Å². The highest BCUT2D eigenvalue weighted by Crippen LogP contribution is 2.33. The van der Waals surface area contributed by atoms with Crippen molar-refractivity contribution in [3.8, 4) is 0 Å². The van der Waals surface area contributed by atoms with E-state index in [0.717, 1.165) is 58.3 Å². The van der Waals surface area contributed by atoms with E-state index < -0.39 is 0 Å². The molecule has 1 amide bonds. The van der Waals surface area contributed by atoms with E-state index in [2.05, 4.69) is 31.0 Å². The maximum atomic E-state index is 13.1. The molecule has 3 nitrogen and oxygen atoms in total. The van der Waals surface area contributed by atoms with Gasteiger partial charge in [0.1, 0.15) is 0 Å². The normalized spacial score (nSPS) is 21.7. The summed E-state index contributed by atoms with van der Waals surface area (Å²) in [6, 6.07) is 0. The number of rotatable bonds is 11. The minimum absolute atomic E-state index is 0.104. The summed E-state index contributed by atoms with van der Waals surface area (Å²) < 4.78 is 0. The van der Waals surface area contributed by atoms with Crippen LogP contribution in [-0.2, 0) is 4.79 Å². The van der Waals surface area contributed by atoms with Gasteiger partial charge < -0.3 is 10.2 Å². The summed E-state index contributed by atoms with van der Waals surface area (Å²) in [5, 5.41) is 3.42. The van der Waals surface area contributed by atoms with Crippen molar-refractivity contribution in [1.29, 1.82) is 0 Å². The zero-order valence-corrected chi connectivity index (χ0v) is 14.5. The Morgan fingerprint density at radius 1 is 1.00 bits per heavy atom. The van der Waals surface area contributed by atoms with Gasteiger partial charge in [0, 0.05) is 19.6 Å². The van der Waals surface area contributed by atoms with Crippen LogP contribution in [0.25, 0.3) is 0 Å². The van der Waals surface area contributed by atoms with Gasteiger partial charge in [0.15, 0.2) is 0 Å². The monoisotopic (exact) mass is 296 g/mol. The van der Waals surface area contributed by atoms with Crippen molar-refractivity contribution in [3.05, 3.63) is 0 Å². The van der Waals surface area contributed by atoms with Crippen molar-refractivity contribution in [2.24, 2.45) is 5.41 Å². The molecule has 1 unspecified atom stereocenters. The Labute approximate surface area is 131 Å². The van der Waals surface area contributed by atoms with Crippen LogP contribution in [0.4, 0.5) is 0 Å². The van der Waals surface area contributed by atoms with Gasteiger partial charge in [0.25, 0.3) is 0 Å². The van der Waals surface area contributed by atoms with Crippen molar-refractivity contribution in [2.75, 3.05) is 26.2 Å². The molecule has 1 N–H and O–H groups in total. The lowest BCUT2D eigenvalue weighted by Gasteiger charge is -2.34. The molecule has 3 heteroatoms. The van der Waals surface area contributed by atoms with E-state index in [1.807, 2.05) is 0 Å². The third-order valence-corrected chi connectivity index (χ3v) is 4.78. The Hall–Kier alpha value is -0.570. The molecule has 0 radical (unpaired) electrons. The number of unbranched alkanes of at least 4 members (excludes halogenated alkanes) is 4. The number of nitrogens with one attached hydrogen (secondary N) is 1. The molecule has 0 bridgehead atoms. The molecule has 0 aromatic carbocycles. The molecule has 124 valence electrons. The summed E-state index contributed by atoms with van der Waals surface area (Å²) in [6.45, 7) is 10.5. The summed E-state index contributed by atoms with van der Waals surface area (Å²) in [5.41, 5.74) is -0.104. The Kier molecular flexibility index (Phi) is 8.98. The Morgan fingerprint density at radius 2 is 1.62 bits per heavy atom. The topological polar surface area (TPSA) is 32.3 Å². The fourth-order valence-electron chi connectivity index (χ4n) is 3.48. The molecule has 0 aliphatic carbocycles. The van der Waals surface area contributed by atoms with Crippen molar-refractivity contribution < 1.29 is 4.79 Å². The molecule has 21 heavy (non-hydrogen) atoms. The van der Waals surface area contributed by atoms with Crippen LogP contribution in [0.15, 0.2) is 0 Å². The van der Waals surface area contributed by atoms with Gasteiger partial charge in [0.2, 0.25) is 5.91 Å². The van der Waals surface area contributed by atoms with Gasteiger partial charge in [-0.05, 0) is 32.2 Å². The third kappa shape index (κ3) is 5.61. The molecule has 0 spiro atoms. The Bertz CT molecular complexity index is 275. The van der Waals surface area contributed by atoms with E-state index in [9.17, 15) is 4.79 Å². The van der Waals surface area contributed by atoms with Crippen molar-refractivity contribution >= 4 is 5.91 Å². The van der Waals surface area contributed by atoms with Crippen LogP contribution in [0.2, 0.25) is 0 Å². The standard InChI is InChI=1S/C18H36N2O/c1-4-7-9-14-20(15-10-8-5-2)17(21)18(11-6-3)12-13-19-16-18/h19H,4-16H2,1-3H3. The lowest BCUT2D eigenvalue weighted by Crippen LogP contribution is -2.46. The number of hydrogen-bond acceptors (Lipinski definition) is 2. The average molecular weight is 296 g/mol. The molecular weight excluding hydrogens is 260 g/mol. The van der Waals surface area contributed by atoms with Crippen LogP contribution in [0.3, 0.4) is 0 Å². The molecular formula is C18H36N2O. The second-order valence-electron chi connectivity index (χ2n) is 6.66. The zero-order chi connectivity index (χ0) is 15.6. The number of nitrogens with zero attached hydrogens (tertiary/aromatic N) is 1. The first-order valence-corrected chi connectivity index (χ1v) is 9.20. The van der Waals surface area contributed by atoms with Crippen LogP contribution >= 0.6 is 0 Å². The first-order valence-electron chi connectivity index (χ1n) is 9.20. The smallest absolute Gasteiger partial charge is 0.230 e. The lowest BCUT2D eigenvalue weighted by molar-refractivity contribution is -0.141. The Morgan fingerprint density at radius 3 is 2.05 bits per heavy atom. The van der Waals surface area contributed by atoms with Crippen LogP contribution < -0.4 is 5.32 Å². The summed E-state index contributed by atoms with van der Waals surface area (Å²) >= 11 is 0. The molecule has 1 aliphatic rings. The molecule has 0 saturated carbocycles. The van der Waals surface area contributed by atoms with Gasteiger partial charge in [-0.25, -0.2) is 0 Å². The number of carbonyl (C=O) groups is 1. The Balaban J connectivity index is 2.66. The first kappa shape index (κ1) is 18.5. The SMILES string of the molecule is CCCCCN(CCCCC)C(=O)C1(CCC)CCNC1. The summed E-state index contributed by atoms with van der Waals surface area (Å²) in [6.07, 6.45) is 10.4. The minimum atomic E-state index is -0.104. The van der Waals surface area contributed by atoms with Gasteiger partial charge in [-0.3, -0.25) is 4.79 Å². The average Bonchev–Trinajstić information content (AvgIpc) is 2.95. The molecule has 1 saturated heterocycles. The maximum Gasteiger partial charge on any atom is 0.230 e. The highest BCUT2D eigenvalue weighted by Gasteiger charge is 2.42. The second-order valence-corrected chi connectivity index (χ2v) is 6.66. The van der Waals surface area contributed by atoms with Crippen LogP contribution in [0.5, 0.6) is 0 Å². The quantitative estimate of drug-likeness (QED) is 0.585. The summed E-state index contributed by atoms with van der Waals surface area (Å²) in [4.78, 5) is 15.3. The lowest BCUT2D eigenvalue weighted by atomic mass is 9.81. The van der Waals surface area contributed by atoms with Gasteiger partial charge in [-0.15, -0.1) is 0 Å². The van der Waals surface area contributed by atoms with Crippen LogP contribution in [0, 0.1) is 5.41 Å². The van der Waals surface area contributed by atoms with E-state index >= 15 is 0 Å². The van der Waals surface area contributed by atoms with E-state index in [1.54, 1.807) is 0 Å². The van der Waals surface area contributed by atoms with Gasteiger partial charge >= 0.3 is 0 Å². The van der Waals surface area contributed by atoms with E-state index in [4.69, 9.17) is 0 Å². The summed E-state index contributed by atoms with van der Waals surface area (Å²) in [7, 11) is 0. The molecule has 1 heterocycles. The first-order chi connectivity index (χ1) is 10.2. The number of carbonyl (C=O) groups excluding carboxylic acids is 1. The van der Waals surface area contributed by atoms with Crippen molar-refractivity contribution in [3.63, 3.8) is 0 Å². The van der Waals surface area contributed by atoms with E-state index in [0.29, 0.717) is 5.91 Å². The highest BCUT2D eigenvalue weighted by molar-refractivity contribution is 5.83. The van der Waals surface area contributed by atoms with Crippen LogP contribution in [-0.4, -0.2) is 37.0 Å². The molecule has 1 atom stereocenters. The molecule has 1 rings (SSSR count). The van der Waals surface area contributed by atoms with Gasteiger partial charge in [-0.2, -0.15) is 0 Å². The summed E-state index contributed by atoms with van der Waals surface area (Å²) in [5.74, 6) is 0.432. The zero-order valence-electron chi connectivity index (χ0n) is 14.5. The second kappa shape index (κ2) is 10.2. The largest absolute Gasteiger partial charge is 0.342 e. The number of amides is 1. The molecule has 1 aliphatic heterocycles. The van der Waals surface area contributed by atoms with Crippen LogP contribution in [0.1, 0.15) is 78.6 Å². The third-order valence-electron chi connectivity index (χ3n) is 4.78. The maximum absolute atomic E-state index is 13.1. The van der Waals surface area contributed by atoms with E-state index in [-0.39, 0.29) is 5.41 Å². The predicted molar refractivity (Wildman–Crippen MR) is 90.5 cm³/mol. The van der Waals surface area contributed by atoms with Crippen molar-refractivity contribution in [1.82, 2.24) is 10.2 Å². The van der Waals surface area contributed by atoms with Gasteiger partial charge in [0.05, 0.1) is 5.41 Å². The fraction of sp³-hybridized carbons (Fsp3) is 0.944. The molecule has 0 aromatic rings. The number of hydrogen-bond donors (Lipinski definition) is 1. The molecule has 1 fully saturated rings. The predicted octanol–water partition coefficient (Wildman–Crippen LogP) is 3.98.